The molecule has 1 fully saturated rings. The van der Waals surface area contributed by atoms with Gasteiger partial charge in [0.15, 0.2) is 11.6 Å². The van der Waals surface area contributed by atoms with Gasteiger partial charge in [0, 0.05) is 31.7 Å². The zero-order chi connectivity index (χ0) is 25.8. The van der Waals surface area contributed by atoms with Crippen LogP contribution >= 0.6 is 0 Å². The minimum Gasteiger partial charge on any atom is -0.344 e. The molecule has 3 amide bonds. The number of hydrogen-bond donors (Lipinski definition) is 1. The molecule has 1 aliphatic heterocycles. The number of rotatable bonds is 6. The summed E-state index contributed by atoms with van der Waals surface area (Å²) in [7, 11) is 0. The van der Waals surface area contributed by atoms with Crippen molar-refractivity contribution in [1.29, 1.82) is 0 Å². The Kier molecular flexibility index (Phi) is 7.62. The molecule has 3 aromatic carbocycles. The molecule has 0 saturated carbocycles. The molecule has 188 valence electrons. The lowest BCUT2D eigenvalue weighted by Gasteiger charge is -2.37. The van der Waals surface area contributed by atoms with E-state index in [4.69, 9.17) is 0 Å². The summed E-state index contributed by atoms with van der Waals surface area (Å²) in [4.78, 5) is 41.9. The molecule has 1 atom stereocenters. The molecule has 0 radical (unpaired) electrons. The Balaban J connectivity index is 1.35. The molecule has 1 N–H and O–H groups in total. The summed E-state index contributed by atoms with van der Waals surface area (Å²) in [6.45, 7) is 4.86. The molecule has 36 heavy (non-hydrogen) atoms. The van der Waals surface area contributed by atoms with Crippen molar-refractivity contribution in [3.63, 3.8) is 0 Å². The lowest BCUT2D eigenvalue weighted by Crippen LogP contribution is -2.57. The van der Waals surface area contributed by atoms with Crippen LogP contribution in [0.2, 0.25) is 0 Å². The molecule has 0 aromatic heterocycles. The molecule has 3 aromatic rings. The number of amides is 3. The molecule has 8 heteroatoms. The van der Waals surface area contributed by atoms with Crippen molar-refractivity contribution in [2.75, 3.05) is 26.2 Å². The molecule has 1 saturated heterocycles. The number of nitrogens with one attached hydrogen (secondary N) is 1. The molecule has 0 aliphatic carbocycles. The largest absolute Gasteiger partial charge is 0.344 e. The smallest absolute Gasteiger partial charge is 0.254 e. The molecule has 1 unspecified atom stereocenters. The van der Waals surface area contributed by atoms with Gasteiger partial charge in [-0.05, 0) is 40.5 Å². The van der Waals surface area contributed by atoms with Crippen molar-refractivity contribution in [2.45, 2.75) is 26.3 Å². The van der Waals surface area contributed by atoms with E-state index in [-0.39, 0.29) is 55.9 Å². The van der Waals surface area contributed by atoms with Gasteiger partial charge in [-0.15, -0.1) is 0 Å². The first-order valence-electron chi connectivity index (χ1n) is 12.0. The van der Waals surface area contributed by atoms with Crippen molar-refractivity contribution in [1.82, 2.24) is 15.1 Å². The fraction of sp³-hybridized carbons (Fsp3) is 0.321. The Morgan fingerprint density at radius 3 is 2.17 bits per heavy atom. The number of fused-ring (bicyclic) bond motifs is 1. The Labute approximate surface area is 208 Å². The monoisotopic (exact) mass is 493 g/mol. The molecular weight excluding hydrogens is 464 g/mol. The van der Waals surface area contributed by atoms with Crippen LogP contribution in [0.1, 0.15) is 29.8 Å². The van der Waals surface area contributed by atoms with Gasteiger partial charge in [0.05, 0.1) is 6.42 Å². The Bertz CT molecular complexity index is 1290. The van der Waals surface area contributed by atoms with Crippen LogP contribution in [0.5, 0.6) is 0 Å². The third kappa shape index (κ3) is 5.70. The van der Waals surface area contributed by atoms with E-state index in [2.05, 4.69) is 5.32 Å². The normalized spacial score (nSPS) is 14.7. The standard InChI is InChI=1S/C28H29F2N3O3/c1-18(2)26(31-25(34)16-19-7-8-20-5-3-4-6-21(20)15-19)28(36)33-13-11-32(12-14-33)27(35)22-9-10-23(29)24(30)17-22/h3-10,15,17-18,26H,11-14,16H2,1-2H3,(H,31,34). The van der Waals surface area contributed by atoms with Crippen LogP contribution in [0, 0.1) is 17.6 Å². The van der Waals surface area contributed by atoms with Crippen molar-refractivity contribution in [2.24, 2.45) is 5.92 Å². The highest BCUT2D eigenvalue weighted by Gasteiger charge is 2.32. The minimum absolute atomic E-state index is 0.0645. The first kappa shape index (κ1) is 25.3. The Hall–Kier alpha value is -3.81. The first-order valence-corrected chi connectivity index (χ1v) is 12.0. The SMILES string of the molecule is CC(C)C(NC(=O)Cc1ccc2ccccc2c1)C(=O)N1CCN(C(=O)c2ccc(F)c(F)c2)CC1. The van der Waals surface area contributed by atoms with Crippen LogP contribution in [0.3, 0.4) is 0 Å². The summed E-state index contributed by atoms with van der Waals surface area (Å²) in [6.07, 6.45) is 0.165. The molecule has 0 bridgehead atoms. The topological polar surface area (TPSA) is 69.7 Å². The maximum absolute atomic E-state index is 13.5. The second-order valence-electron chi connectivity index (χ2n) is 9.39. The molecule has 4 rings (SSSR count). The number of halogens is 2. The van der Waals surface area contributed by atoms with Gasteiger partial charge in [-0.2, -0.15) is 0 Å². The van der Waals surface area contributed by atoms with Crippen molar-refractivity contribution in [3.05, 3.63) is 83.4 Å². The Morgan fingerprint density at radius 2 is 1.50 bits per heavy atom. The van der Waals surface area contributed by atoms with Crippen LogP contribution in [0.4, 0.5) is 8.78 Å². The van der Waals surface area contributed by atoms with Crippen LogP contribution in [0.15, 0.2) is 60.7 Å². The van der Waals surface area contributed by atoms with E-state index in [0.717, 1.165) is 28.5 Å². The van der Waals surface area contributed by atoms with E-state index in [1.165, 1.54) is 11.0 Å². The Morgan fingerprint density at radius 1 is 0.833 bits per heavy atom. The molecule has 6 nitrogen and oxygen atoms in total. The number of nitrogens with zero attached hydrogens (tertiary/aromatic N) is 2. The molecule has 1 aliphatic rings. The van der Waals surface area contributed by atoms with E-state index in [9.17, 15) is 23.2 Å². The zero-order valence-electron chi connectivity index (χ0n) is 20.3. The quantitative estimate of drug-likeness (QED) is 0.568. The predicted molar refractivity (Wildman–Crippen MR) is 133 cm³/mol. The number of carbonyl (C=O) groups excluding carboxylic acids is 3. The van der Waals surface area contributed by atoms with Crippen LogP contribution < -0.4 is 5.32 Å². The van der Waals surface area contributed by atoms with Gasteiger partial charge in [-0.3, -0.25) is 14.4 Å². The van der Waals surface area contributed by atoms with Gasteiger partial charge in [0.1, 0.15) is 6.04 Å². The summed E-state index contributed by atoms with van der Waals surface area (Å²) in [5.74, 6) is -3.05. The fourth-order valence-corrected chi connectivity index (χ4v) is 4.41. The van der Waals surface area contributed by atoms with Crippen LogP contribution in [-0.2, 0) is 16.0 Å². The molecule has 0 spiro atoms. The lowest BCUT2D eigenvalue weighted by atomic mass is 10.0. The van der Waals surface area contributed by atoms with Gasteiger partial charge in [0.25, 0.3) is 5.91 Å². The number of carbonyl (C=O) groups is 3. The summed E-state index contributed by atoms with van der Waals surface area (Å²) in [6, 6.07) is 16.2. The highest BCUT2D eigenvalue weighted by Crippen LogP contribution is 2.17. The van der Waals surface area contributed by atoms with Crippen molar-refractivity contribution >= 4 is 28.5 Å². The maximum Gasteiger partial charge on any atom is 0.254 e. The highest BCUT2D eigenvalue weighted by molar-refractivity contribution is 5.94. The van der Waals surface area contributed by atoms with Crippen LogP contribution in [-0.4, -0.2) is 59.7 Å². The maximum atomic E-state index is 13.5. The average Bonchev–Trinajstić information content (AvgIpc) is 2.88. The third-order valence-corrected chi connectivity index (χ3v) is 6.47. The van der Waals surface area contributed by atoms with E-state index < -0.39 is 23.6 Å². The van der Waals surface area contributed by atoms with Crippen molar-refractivity contribution in [3.8, 4) is 0 Å². The average molecular weight is 494 g/mol. The second kappa shape index (κ2) is 10.8. The first-order chi connectivity index (χ1) is 17.2. The van der Waals surface area contributed by atoms with Gasteiger partial charge < -0.3 is 15.1 Å². The summed E-state index contributed by atoms with van der Waals surface area (Å²) >= 11 is 0. The number of benzene rings is 3. The van der Waals surface area contributed by atoms with E-state index in [1.54, 1.807) is 4.90 Å². The van der Waals surface area contributed by atoms with Crippen LogP contribution in [0.25, 0.3) is 10.8 Å². The highest BCUT2D eigenvalue weighted by atomic mass is 19.2. The fourth-order valence-electron chi connectivity index (χ4n) is 4.41. The van der Waals surface area contributed by atoms with Crippen molar-refractivity contribution < 1.29 is 23.2 Å². The summed E-state index contributed by atoms with van der Waals surface area (Å²) < 4.78 is 26.7. The van der Waals surface area contributed by atoms with E-state index >= 15 is 0 Å². The van der Waals surface area contributed by atoms with Gasteiger partial charge in [-0.25, -0.2) is 8.78 Å². The molecule has 1 heterocycles. The second-order valence-corrected chi connectivity index (χ2v) is 9.39. The minimum atomic E-state index is -1.08. The van der Waals surface area contributed by atoms with E-state index in [0.29, 0.717) is 0 Å². The molecular formula is C28H29F2N3O3. The van der Waals surface area contributed by atoms with Gasteiger partial charge in [-0.1, -0.05) is 56.3 Å². The number of piperazine rings is 1. The predicted octanol–water partition coefficient (Wildman–Crippen LogP) is 3.79. The number of hydrogen-bond acceptors (Lipinski definition) is 3. The third-order valence-electron chi connectivity index (χ3n) is 6.47. The van der Waals surface area contributed by atoms with Gasteiger partial charge in [0.2, 0.25) is 11.8 Å². The lowest BCUT2D eigenvalue weighted by molar-refractivity contribution is -0.138. The van der Waals surface area contributed by atoms with Gasteiger partial charge >= 0.3 is 0 Å². The summed E-state index contributed by atoms with van der Waals surface area (Å²) in [5.41, 5.74) is 0.931. The summed E-state index contributed by atoms with van der Waals surface area (Å²) in [5, 5.41) is 5.04. The zero-order valence-corrected chi connectivity index (χ0v) is 20.3. The van der Waals surface area contributed by atoms with E-state index in [1.807, 2.05) is 56.3 Å².